The second kappa shape index (κ2) is 6.03. The summed E-state index contributed by atoms with van der Waals surface area (Å²) in [5.74, 6) is 1.63. The maximum Gasteiger partial charge on any atom is 0.166 e. The van der Waals surface area contributed by atoms with Gasteiger partial charge in [-0.3, -0.25) is 0 Å². The molecule has 1 aromatic heterocycles. The maximum atomic E-state index is 9.37. The molecule has 1 fully saturated rings. The summed E-state index contributed by atoms with van der Waals surface area (Å²) in [7, 11) is 1.66. The van der Waals surface area contributed by atoms with Gasteiger partial charge >= 0.3 is 0 Å². The molecular formula is C14H19N3O2S. The molecule has 0 saturated heterocycles. The number of ether oxygens (including phenoxy) is 1. The Hall–Kier alpha value is -1.24. The zero-order valence-electron chi connectivity index (χ0n) is 11.4. The van der Waals surface area contributed by atoms with Crippen LogP contribution in [-0.4, -0.2) is 46.6 Å². The number of nitrogens with one attached hydrogen (secondary N) is 2. The van der Waals surface area contributed by atoms with Crippen LogP contribution in [0, 0.1) is 0 Å². The van der Waals surface area contributed by atoms with Crippen LogP contribution in [-0.2, 0) is 0 Å². The van der Waals surface area contributed by atoms with Crippen molar-refractivity contribution in [3.63, 3.8) is 0 Å². The number of benzene rings is 1. The molecule has 0 radical (unpaired) electrons. The molecule has 0 aliphatic heterocycles. The Morgan fingerprint density at radius 1 is 1.55 bits per heavy atom. The van der Waals surface area contributed by atoms with Crippen molar-refractivity contribution in [3.8, 4) is 5.75 Å². The summed E-state index contributed by atoms with van der Waals surface area (Å²) in [5.41, 5.74) is 1.91. The van der Waals surface area contributed by atoms with E-state index in [1.165, 1.54) is 12.8 Å². The monoisotopic (exact) mass is 293 g/mol. The standard InChI is InChI=1S/C14H19N3O2S/c1-19-11-4-5-12-13(6-11)17-14(16-12)20-8-10(7-18)15-9-2-3-9/h4-6,9-10,15,18H,2-3,7-8H2,1H3,(H,16,17). The van der Waals surface area contributed by atoms with Gasteiger partial charge in [-0.05, 0) is 25.0 Å². The maximum absolute atomic E-state index is 9.37. The lowest BCUT2D eigenvalue weighted by molar-refractivity contribution is 0.253. The zero-order valence-corrected chi connectivity index (χ0v) is 12.2. The largest absolute Gasteiger partial charge is 0.497 e. The Morgan fingerprint density at radius 2 is 2.40 bits per heavy atom. The SMILES string of the molecule is COc1ccc2nc(SCC(CO)NC3CC3)[nH]c2c1. The lowest BCUT2D eigenvalue weighted by atomic mass is 10.3. The van der Waals surface area contributed by atoms with Crippen LogP contribution in [0.3, 0.4) is 0 Å². The highest BCUT2D eigenvalue weighted by atomic mass is 32.2. The minimum absolute atomic E-state index is 0.134. The van der Waals surface area contributed by atoms with Crippen molar-refractivity contribution in [1.29, 1.82) is 0 Å². The number of imidazole rings is 1. The Bertz CT molecular complexity index is 583. The van der Waals surface area contributed by atoms with E-state index in [9.17, 15) is 5.11 Å². The summed E-state index contributed by atoms with van der Waals surface area (Å²) >= 11 is 1.63. The molecule has 0 spiro atoms. The minimum Gasteiger partial charge on any atom is -0.497 e. The highest BCUT2D eigenvalue weighted by molar-refractivity contribution is 7.99. The molecule has 1 saturated carbocycles. The van der Waals surface area contributed by atoms with Gasteiger partial charge in [0.2, 0.25) is 0 Å². The number of fused-ring (bicyclic) bond motifs is 1. The van der Waals surface area contributed by atoms with E-state index in [-0.39, 0.29) is 12.6 Å². The molecule has 1 heterocycles. The van der Waals surface area contributed by atoms with Gasteiger partial charge in [0.05, 0.1) is 24.8 Å². The van der Waals surface area contributed by atoms with Crippen LogP contribution in [0.2, 0.25) is 0 Å². The first-order chi connectivity index (χ1) is 9.78. The smallest absolute Gasteiger partial charge is 0.166 e. The van der Waals surface area contributed by atoms with Crippen LogP contribution in [0.15, 0.2) is 23.4 Å². The van der Waals surface area contributed by atoms with E-state index in [2.05, 4.69) is 15.3 Å². The van der Waals surface area contributed by atoms with Gasteiger partial charge in [0.25, 0.3) is 0 Å². The van der Waals surface area contributed by atoms with E-state index in [0.717, 1.165) is 27.7 Å². The van der Waals surface area contributed by atoms with E-state index < -0.39 is 0 Å². The number of thioether (sulfide) groups is 1. The van der Waals surface area contributed by atoms with Crippen molar-refractivity contribution in [2.75, 3.05) is 19.5 Å². The fourth-order valence-corrected chi connectivity index (χ4v) is 2.98. The van der Waals surface area contributed by atoms with Crippen LogP contribution < -0.4 is 10.1 Å². The number of aliphatic hydroxyl groups is 1. The van der Waals surface area contributed by atoms with E-state index in [0.29, 0.717) is 6.04 Å². The zero-order chi connectivity index (χ0) is 13.9. The topological polar surface area (TPSA) is 70.2 Å². The van der Waals surface area contributed by atoms with Crippen molar-refractivity contribution >= 4 is 22.8 Å². The van der Waals surface area contributed by atoms with Gasteiger partial charge in [0.1, 0.15) is 5.75 Å². The lowest BCUT2D eigenvalue weighted by Crippen LogP contribution is -2.36. The summed E-state index contributed by atoms with van der Waals surface area (Å²) in [5, 5.41) is 13.7. The first kappa shape index (κ1) is 13.7. The third kappa shape index (κ3) is 3.26. The highest BCUT2D eigenvalue weighted by Crippen LogP contribution is 2.24. The number of rotatable bonds is 7. The quantitative estimate of drug-likeness (QED) is 0.679. The summed E-state index contributed by atoms with van der Waals surface area (Å²) < 4.78 is 5.20. The number of aromatic nitrogens is 2. The van der Waals surface area contributed by atoms with Crippen LogP contribution in [0.5, 0.6) is 5.75 Å². The molecule has 1 atom stereocenters. The Kier molecular flexibility index (Phi) is 4.14. The van der Waals surface area contributed by atoms with Gasteiger partial charge in [-0.2, -0.15) is 0 Å². The van der Waals surface area contributed by atoms with Gasteiger partial charge in [-0.25, -0.2) is 4.98 Å². The summed E-state index contributed by atoms with van der Waals surface area (Å²) in [6, 6.07) is 6.53. The van der Waals surface area contributed by atoms with E-state index in [1.54, 1.807) is 18.9 Å². The van der Waals surface area contributed by atoms with E-state index in [4.69, 9.17) is 4.74 Å². The van der Waals surface area contributed by atoms with Gasteiger partial charge in [-0.1, -0.05) is 11.8 Å². The number of hydrogen-bond acceptors (Lipinski definition) is 5. The van der Waals surface area contributed by atoms with Gasteiger partial charge in [0.15, 0.2) is 5.16 Å². The van der Waals surface area contributed by atoms with Crippen LogP contribution in [0.25, 0.3) is 11.0 Å². The van der Waals surface area contributed by atoms with Crippen molar-refractivity contribution in [2.45, 2.75) is 30.1 Å². The average molecular weight is 293 g/mol. The van der Waals surface area contributed by atoms with E-state index >= 15 is 0 Å². The molecule has 1 aliphatic carbocycles. The number of hydrogen-bond donors (Lipinski definition) is 3. The molecule has 0 bridgehead atoms. The normalized spacial score (nSPS) is 16.5. The van der Waals surface area contributed by atoms with Gasteiger partial charge in [0, 0.05) is 23.9 Å². The Labute approximate surface area is 122 Å². The third-order valence-corrected chi connectivity index (χ3v) is 4.39. The van der Waals surface area contributed by atoms with Crippen LogP contribution in [0.1, 0.15) is 12.8 Å². The fourth-order valence-electron chi connectivity index (χ4n) is 2.08. The van der Waals surface area contributed by atoms with Gasteiger partial charge in [-0.15, -0.1) is 0 Å². The summed E-state index contributed by atoms with van der Waals surface area (Å²) in [6.45, 7) is 0.164. The predicted octanol–water partition coefficient (Wildman–Crippen LogP) is 1.78. The molecule has 3 N–H and O–H groups in total. The molecule has 5 nitrogen and oxygen atoms in total. The average Bonchev–Trinajstić information content (AvgIpc) is 3.19. The van der Waals surface area contributed by atoms with Crippen molar-refractivity contribution < 1.29 is 9.84 Å². The number of nitrogens with zero attached hydrogens (tertiary/aromatic N) is 1. The highest BCUT2D eigenvalue weighted by Gasteiger charge is 2.24. The molecule has 1 aliphatic rings. The summed E-state index contributed by atoms with van der Waals surface area (Å²) in [4.78, 5) is 7.81. The molecule has 6 heteroatoms. The number of H-pyrrole nitrogens is 1. The number of methoxy groups -OCH3 is 1. The first-order valence-electron chi connectivity index (χ1n) is 6.82. The van der Waals surface area contributed by atoms with Crippen LogP contribution in [0.4, 0.5) is 0 Å². The summed E-state index contributed by atoms with van der Waals surface area (Å²) in [6.07, 6.45) is 2.46. The Balaban J connectivity index is 1.64. The molecule has 0 amide bonds. The number of aromatic amines is 1. The fraction of sp³-hybridized carbons (Fsp3) is 0.500. The first-order valence-corrected chi connectivity index (χ1v) is 7.80. The van der Waals surface area contributed by atoms with Crippen molar-refractivity contribution in [1.82, 2.24) is 15.3 Å². The second-order valence-corrected chi connectivity index (χ2v) is 6.07. The lowest BCUT2D eigenvalue weighted by Gasteiger charge is -2.14. The van der Waals surface area contributed by atoms with Crippen molar-refractivity contribution in [2.24, 2.45) is 0 Å². The van der Waals surface area contributed by atoms with E-state index in [1.807, 2.05) is 18.2 Å². The molecule has 20 heavy (non-hydrogen) atoms. The molecule has 108 valence electrons. The molecule has 3 rings (SSSR count). The Morgan fingerprint density at radius 3 is 3.10 bits per heavy atom. The van der Waals surface area contributed by atoms with Gasteiger partial charge < -0.3 is 20.1 Å². The second-order valence-electron chi connectivity index (χ2n) is 5.06. The molecule has 1 aromatic carbocycles. The molecule has 1 unspecified atom stereocenters. The van der Waals surface area contributed by atoms with Crippen LogP contribution >= 0.6 is 11.8 Å². The molecular weight excluding hydrogens is 274 g/mol. The third-order valence-electron chi connectivity index (χ3n) is 3.36. The predicted molar refractivity (Wildman–Crippen MR) is 80.4 cm³/mol. The molecule has 2 aromatic rings. The van der Waals surface area contributed by atoms with Crippen molar-refractivity contribution in [3.05, 3.63) is 18.2 Å². The number of aliphatic hydroxyl groups excluding tert-OH is 1. The minimum atomic E-state index is 0.134.